The van der Waals surface area contributed by atoms with Gasteiger partial charge in [-0.25, -0.2) is 4.98 Å². The van der Waals surface area contributed by atoms with Crippen molar-refractivity contribution < 1.29 is 24.2 Å². The van der Waals surface area contributed by atoms with E-state index in [9.17, 15) is 14.7 Å². The Labute approximate surface area is 223 Å². The van der Waals surface area contributed by atoms with Crippen LogP contribution >= 0.6 is 0 Å². The molecule has 0 spiro atoms. The molecule has 3 heterocycles. The molecule has 3 atom stereocenters. The molecule has 0 radical (unpaired) electrons. The van der Waals surface area contributed by atoms with Crippen molar-refractivity contribution >= 4 is 11.8 Å². The highest BCUT2D eigenvalue weighted by Crippen LogP contribution is 2.31. The molecule has 4 rings (SSSR count). The summed E-state index contributed by atoms with van der Waals surface area (Å²) in [6, 6.07) is 12.5. The first-order valence-electron chi connectivity index (χ1n) is 12.7. The third-order valence-electron chi connectivity index (χ3n) is 6.93. The fourth-order valence-corrected chi connectivity index (χ4v) is 4.44. The van der Waals surface area contributed by atoms with Crippen LogP contribution in [-0.2, 0) is 11.2 Å². The van der Waals surface area contributed by atoms with Crippen LogP contribution < -0.4 is 9.47 Å². The van der Waals surface area contributed by atoms with E-state index in [4.69, 9.17) is 9.47 Å². The summed E-state index contributed by atoms with van der Waals surface area (Å²) in [5.74, 6) is 0.523. The van der Waals surface area contributed by atoms with Gasteiger partial charge in [-0.1, -0.05) is 19.1 Å². The van der Waals surface area contributed by atoms with E-state index in [1.54, 1.807) is 48.6 Å². The highest BCUT2D eigenvalue weighted by molar-refractivity contribution is 5.98. The lowest BCUT2D eigenvalue weighted by atomic mass is 9.99. The van der Waals surface area contributed by atoms with E-state index in [1.165, 1.54) is 0 Å². The van der Waals surface area contributed by atoms with Crippen molar-refractivity contribution in [3.05, 3.63) is 72.2 Å². The van der Waals surface area contributed by atoms with Crippen LogP contribution in [0.4, 0.5) is 0 Å². The monoisotopic (exact) mass is 518 g/mol. The van der Waals surface area contributed by atoms with Crippen molar-refractivity contribution in [1.82, 2.24) is 19.8 Å². The standard InChI is InChI=1S/C29H34N4O5/c1-19-16-33(20(2)18-34)29(36)25-14-23(22-5-7-24(37-4)8-6-22)15-31-28(25)38-26(19)17-32(3)27(35)13-21-9-11-30-12-10-21/h5-12,14-15,19-20,26,34H,13,16-18H2,1-4H3/t19-,20+,26-/m1/s1. The smallest absolute Gasteiger partial charge is 0.259 e. The van der Waals surface area contributed by atoms with Crippen molar-refractivity contribution in [3.63, 3.8) is 0 Å². The average Bonchev–Trinajstić information content (AvgIpc) is 2.94. The topological polar surface area (TPSA) is 105 Å². The van der Waals surface area contributed by atoms with E-state index in [0.29, 0.717) is 18.7 Å². The van der Waals surface area contributed by atoms with Crippen LogP contribution in [0.15, 0.2) is 61.1 Å². The summed E-state index contributed by atoms with van der Waals surface area (Å²) in [5.41, 5.74) is 2.84. The van der Waals surface area contributed by atoms with Gasteiger partial charge in [-0.05, 0) is 48.4 Å². The number of nitrogens with zero attached hydrogens (tertiary/aromatic N) is 4. The molecule has 2 amide bonds. The Morgan fingerprint density at radius 1 is 1.21 bits per heavy atom. The first-order valence-corrected chi connectivity index (χ1v) is 12.7. The van der Waals surface area contributed by atoms with E-state index >= 15 is 0 Å². The molecule has 1 aromatic carbocycles. The number of pyridine rings is 2. The summed E-state index contributed by atoms with van der Waals surface area (Å²) in [4.78, 5) is 38.5. The van der Waals surface area contributed by atoms with Crippen LogP contribution in [0.2, 0.25) is 0 Å². The molecule has 9 nitrogen and oxygen atoms in total. The average molecular weight is 519 g/mol. The molecule has 0 fully saturated rings. The maximum absolute atomic E-state index is 13.7. The molecule has 200 valence electrons. The third kappa shape index (κ3) is 6.11. The molecule has 38 heavy (non-hydrogen) atoms. The van der Waals surface area contributed by atoms with Crippen LogP contribution in [0.25, 0.3) is 11.1 Å². The number of likely N-dealkylation sites (N-methyl/N-ethyl adjacent to an activating group) is 1. The maximum atomic E-state index is 13.7. The van der Waals surface area contributed by atoms with Crippen LogP contribution in [0.3, 0.4) is 0 Å². The van der Waals surface area contributed by atoms with E-state index in [-0.39, 0.29) is 36.6 Å². The number of aliphatic hydroxyl groups is 1. The van der Waals surface area contributed by atoms with Gasteiger partial charge in [-0.3, -0.25) is 14.6 Å². The Hall–Kier alpha value is -3.98. The van der Waals surface area contributed by atoms with Gasteiger partial charge in [-0.15, -0.1) is 0 Å². The fraction of sp³-hybridized carbons (Fsp3) is 0.379. The van der Waals surface area contributed by atoms with Crippen molar-refractivity contribution in [3.8, 4) is 22.8 Å². The number of aliphatic hydroxyl groups excluding tert-OH is 1. The number of aromatic nitrogens is 2. The lowest BCUT2D eigenvalue weighted by Crippen LogP contribution is -2.50. The van der Waals surface area contributed by atoms with Crippen molar-refractivity contribution in [2.45, 2.75) is 32.4 Å². The van der Waals surface area contributed by atoms with Crippen molar-refractivity contribution in [2.75, 3.05) is 33.9 Å². The van der Waals surface area contributed by atoms with E-state index in [2.05, 4.69) is 9.97 Å². The predicted octanol–water partition coefficient (Wildman–Crippen LogP) is 3.07. The van der Waals surface area contributed by atoms with Gasteiger partial charge < -0.3 is 24.4 Å². The number of methoxy groups -OCH3 is 1. The van der Waals surface area contributed by atoms with E-state index in [0.717, 1.165) is 22.4 Å². The molecular formula is C29H34N4O5. The van der Waals surface area contributed by atoms with E-state index < -0.39 is 12.1 Å². The van der Waals surface area contributed by atoms with Gasteiger partial charge in [0, 0.05) is 43.7 Å². The number of fused-ring (bicyclic) bond motifs is 1. The summed E-state index contributed by atoms with van der Waals surface area (Å²) in [6.07, 6.45) is 4.85. The zero-order chi connectivity index (χ0) is 27.2. The second-order valence-electron chi connectivity index (χ2n) is 9.73. The van der Waals surface area contributed by atoms with Crippen LogP contribution in [-0.4, -0.2) is 82.7 Å². The normalized spacial score (nSPS) is 18.0. The molecule has 0 saturated carbocycles. The van der Waals surface area contributed by atoms with Gasteiger partial charge in [0.15, 0.2) is 0 Å². The molecule has 0 bridgehead atoms. The SMILES string of the molecule is COc1ccc(-c2cnc3c(c2)C(=O)N([C@@H](C)CO)C[C@@H](C)[C@@H](CN(C)C(=O)Cc2ccncc2)O3)cc1. The minimum Gasteiger partial charge on any atom is -0.497 e. The Morgan fingerprint density at radius 2 is 1.92 bits per heavy atom. The number of ether oxygens (including phenoxy) is 2. The van der Waals surface area contributed by atoms with Crippen LogP contribution in [0, 0.1) is 5.92 Å². The summed E-state index contributed by atoms with van der Waals surface area (Å²) < 4.78 is 11.6. The summed E-state index contributed by atoms with van der Waals surface area (Å²) in [7, 11) is 3.36. The number of amides is 2. The van der Waals surface area contributed by atoms with Crippen molar-refractivity contribution in [1.29, 1.82) is 0 Å². The van der Waals surface area contributed by atoms with Gasteiger partial charge in [0.05, 0.1) is 32.7 Å². The predicted molar refractivity (Wildman–Crippen MR) is 143 cm³/mol. The Balaban J connectivity index is 1.63. The lowest BCUT2D eigenvalue weighted by molar-refractivity contribution is -0.130. The molecule has 3 aromatic rings. The zero-order valence-corrected chi connectivity index (χ0v) is 22.2. The summed E-state index contributed by atoms with van der Waals surface area (Å²) in [5, 5.41) is 9.90. The second-order valence-corrected chi connectivity index (χ2v) is 9.73. The maximum Gasteiger partial charge on any atom is 0.259 e. The molecule has 2 aromatic heterocycles. The Bertz CT molecular complexity index is 1250. The minimum absolute atomic E-state index is 0.0474. The number of hydrogen-bond donors (Lipinski definition) is 1. The van der Waals surface area contributed by atoms with Gasteiger partial charge in [0.1, 0.15) is 17.4 Å². The Kier molecular flexibility index (Phi) is 8.58. The lowest BCUT2D eigenvalue weighted by Gasteiger charge is -2.37. The minimum atomic E-state index is -0.416. The first-order chi connectivity index (χ1) is 18.3. The number of rotatable bonds is 8. The molecule has 1 N–H and O–H groups in total. The molecule has 1 aliphatic heterocycles. The molecule has 0 unspecified atom stereocenters. The number of benzene rings is 1. The quantitative estimate of drug-likeness (QED) is 0.489. The molecule has 0 saturated heterocycles. The Morgan fingerprint density at radius 3 is 2.58 bits per heavy atom. The van der Waals surface area contributed by atoms with Crippen LogP contribution in [0.5, 0.6) is 11.6 Å². The number of hydrogen-bond acceptors (Lipinski definition) is 7. The van der Waals surface area contributed by atoms with Gasteiger partial charge in [0.25, 0.3) is 5.91 Å². The van der Waals surface area contributed by atoms with E-state index in [1.807, 2.05) is 50.2 Å². The molecule has 9 heteroatoms. The van der Waals surface area contributed by atoms with Gasteiger partial charge in [0.2, 0.25) is 11.8 Å². The largest absolute Gasteiger partial charge is 0.497 e. The molecular weight excluding hydrogens is 484 g/mol. The first kappa shape index (κ1) is 27.1. The highest BCUT2D eigenvalue weighted by Gasteiger charge is 2.34. The summed E-state index contributed by atoms with van der Waals surface area (Å²) in [6.45, 7) is 4.31. The second kappa shape index (κ2) is 12.0. The molecule has 1 aliphatic rings. The highest BCUT2D eigenvalue weighted by atomic mass is 16.5. The van der Waals surface area contributed by atoms with Gasteiger partial charge in [-0.2, -0.15) is 0 Å². The van der Waals surface area contributed by atoms with Crippen molar-refractivity contribution in [2.24, 2.45) is 5.92 Å². The van der Waals surface area contributed by atoms with Crippen LogP contribution in [0.1, 0.15) is 29.8 Å². The third-order valence-corrected chi connectivity index (χ3v) is 6.93. The summed E-state index contributed by atoms with van der Waals surface area (Å²) >= 11 is 0. The van der Waals surface area contributed by atoms with Gasteiger partial charge >= 0.3 is 0 Å². The fourth-order valence-electron chi connectivity index (χ4n) is 4.44. The molecule has 0 aliphatic carbocycles. The number of carbonyl (C=O) groups is 2. The number of carbonyl (C=O) groups excluding carboxylic acids is 2. The zero-order valence-electron chi connectivity index (χ0n) is 22.2.